The Bertz CT molecular complexity index is 1220. The van der Waals surface area contributed by atoms with E-state index in [0.717, 1.165) is 38.9 Å². The molecule has 0 radical (unpaired) electrons. The van der Waals surface area contributed by atoms with Gasteiger partial charge in [-0.05, 0) is 48.0 Å². The normalized spacial score (nSPS) is 10.8. The molecule has 164 valence electrons. The van der Waals surface area contributed by atoms with E-state index in [-0.39, 0.29) is 12.5 Å². The molecule has 4 aromatic rings. The molecular formula is C24H25N5O2S. The maximum Gasteiger partial charge on any atom is 0.244 e. The molecule has 0 bridgehead atoms. The zero-order chi connectivity index (χ0) is 22.5. The monoisotopic (exact) mass is 447 g/mol. The summed E-state index contributed by atoms with van der Waals surface area (Å²) in [6.07, 6.45) is 3.46. The summed E-state index contributed by atoms with van der Waals surface area (Å²) >= 11 is 1.58. The van der Waals surface area contributed by atoms with E-state index in [4.69, 9.17) is 9.72 Å². The van der Waals surface area contributed by atoms with Crippen molar-refractivity contribution in [1.29, 1.82) is 0 Å². The number of nitrogens with one attached hydrogen (secondary N) is 1. The van der Waals surface area contributed by atoms with Crippen LogP contribution >= 0.6 is 11.8 Å². The summed E-state index contributed by atoms with van der Waals surface area (Å²) in [6.45, 7) is 0.151. The Morgan fingerprint density at radius 2 is 1.97 bits per heavy atom. The van der Waals surface area contributed by atoms with E-state index < -0.39 is 0 Å². The molecule has 32 heavy (non-hydrogen) atoms. The minimum Gasteiger partial charge on any atom is -0.497 e. The predicted molar refractivity (Wildman–Crippen MR) is 129 cm³/mol. The fourth-order valence-electron chi connectivity index (χ4n) is 3.31. The maximum atomic E-state index is 12.8. The Kier molecular flexibility index (Phi) is 6.61. The first-order chi connectivity index (χ1) is 15.5. The molecule has 0 fully saturated rings. The lowest BCUT2D eigenvalue weighted by molar-refractivity contribution is -0.116. The van der Waals surface area contributed by atoms with E-state index in [9.17, 15) is 4.79 Å². The van der Waals surface area contributed by atoms with Crippen LogP contribution in [0.5, 0.6) is 5.75 Å². The highest BCUT2D eigenvalue weighted by Crippen LogP contribution is 2.27. The Balaban J connectivity index is 1.52. The fraction of sp³-hybridized carbons (Fsp3) is 0.208. The van der Waals surface area contributed by atoms with Gasteiger partial charge in [-0.25, -0.2) is 4.98 Å². The van der Waals surface area contributed by atoms with Gasteiger partial charge in [-0.2, -0.15) is 0 Å². The van der Waals surface area contributed by atoms with Crippen LogP contribution in [0, 0.1) is 0 Å². The van der Waals surface area contributed by atoms with Crippen molar-refractivity contribution >= 4 is 40.1 Å². The number of benzene rings is 2. The molecule has 0 aliphatic rings. The number of methoxy groups -OCH3 is 1. The molecule has 0 atom stereocenters. The lowest BCUT2D eigenvalue weighted by Crippen LogP contribution is -2.19. The zero-order valence-corrected chi connectivity index (χ0v) is 19.1. The molecule has 0 aliphatic heterocycles. The third-order valence-electron chi connectivity index (χ3n) is 4.99. The summed E-state index contributed by atoms with van der Waals surface area (Å²) in [5, 5.41) is 3.75. The average Bonchev–Trinajstić information content (AvgIpc) is 3.15. The number of fused-ring (bicyclic) bond motifs is 1. The van der Waals surface area contributed by atoms with Crippen molar-refractivity contribution in [2.24, 2.45) is 0 Å². The quantitative estimate of drug-likeness (QED) is 0.403. The van der Waals surface area contributed by atoms with E-state index in [1.165, 1.54) is 0 Å². The highest BCUT2D eigenvalue weighted by molar-refractivity contribution is 7.98. The highest BCUT2D eigenvalue weighted by atomic mass is 32.2. The van der Waals surface area contributed by atoms with Gasteiger partial charge in [0.2, 0.25) is 5.91 Å². The van der Waals surface area contributed by atoms with Gasteiger partial charge in [0.25, 0.3) is 0 Å². The summed E-state index contributed by atoms with van der Waals surface area (Å²) in [6, 6.07) is 17.6. The number of anilines is 2. The van der Waals surface area contributed by atoms with Crippen molar-refractivity contribution < 1.29 is 9.53 Å². The summed E-state index contributed by atoms with van der Waals surface area (Å²) in [5.74, 6) is 1.41. The Morgan fingerprint density at radius 1 is 1.16 bits per heavy atom. The number of rotatable bonds is 8. The van der Waals surface area contributed by atoms with Crippen molar-refractivity contribution in [3.05, 3.63) is 72.6 Å². The summed E-state index contributed by atoms with van der Waals surface area (Å²) in [7, 11) is 5.62. The second-order valence-corrected chi connectivity index (χ2v) is 8.42. The number of nitrogens with zero attached hydrogens (tertiary/aromatic N) is 4. The molecule has 0 unspecified atom stereocenters. The van der Waals surface area contributed by atoms with Crippen molar-refractivity contribution in [2.75, 3.05) is 31.4 Å². The van der Waals surface area contributed by atoms with Crippen molar-refractivity contribution in [3.63, 3.8) is 0 Å². The van der Waals surface area contributed by atoms with Gasteiger partial charge in [0.1, 0.15) is 12.3 Å². The molecule has 0 saturated carbocycles. The van der Waals surface area contributed by atoms with Crippen LogP contribution in [0.25, 0.3) is 11.0 Å². The van der Waals surface area contributed by atoms with Crippen LogP contribution in [0.15, 0.2) is 72.1 Å². The van der Waals surface area contributed by atoms with Gasteiger partial charge in [0, 0.05) is 37.4 Å². The van der Waals surface area contributed by atoms with Crippen LogP contribution in [0.1, 0.15) is 5.56 Å². The second-order valence-electron chi connectivity index (χ2n) is 7.47. The topological polar surface area (TPSA) is 72.3 Å². The predicted octanol–water partition coefficient (Wildman–Crippen LogP) is 4.44. The van der Waals surface area contributed by atoms with Gasteiger partial charge in [-0.1, -0.05) is 23.9 Å². The molecule has 0 saturated heterocycles. The van der Waals surface area contributed by atoms with Crippen LogP contribution in [0.3, 0.4) is 0 Å². The third-order valence-corrected chi connectivity index (χ3v) is 6.03. The van der Waals surface area contributed by atoms with Crippen LogP contribution < -0.4 is 15.0 Å². The third kappa shape index (κ3) is 5.03. The van der Waals surface area contributed by atoms with E-state index >= 15 is 0 Å². The number of imidazole rings is 1. The minimum atomic E-state index is -0.117. The molecule has 2 aromatic heterocycles. The largest absolute Gasteiger partial charge is 0.497 e. The molecule has 0 spiro atoms. The lowest BCUT2D eigenvalue weighted by atomic mass is 10.2. The molecule has 2 aromatic carbocycles. The summed E-state index contributed by atoms with van der Waals surface area (Å²) in [5.41, 5.74) is 4.60. The molecule has 0 aliphatic carbocycles. The van der Waals surface area contributed by atoms with E-state index in [2.05, 4.69) is 10.3 Å². The molecule has 1 amide bonds. The number of thioether (sulfide) groups is 1. The standard InChI is InChI=1S/C24H25N5O2S/c1-28(2)19-9-7-18(8-10-19)26-23(30)15-29-22-14-25-12-11-21(22)27-24(29)32-16-17-5-4-6-20(13-17)31-3/h4-14H,15-16H2,1-3H3,(H,26,30). The SMILES string of the molecule is COc1cccc(CSc2nc3ccncc3n2CC(=O)Nc2ccc(N(C)C)cc2)c1. The van der Waals surface area contributed by atoms with Crippen molar-refractivity contribution in [1.82, 2.24) is 14.5 Å². The van der Waals surface area contributed by atoms with Gasteiger partial charge < -0.3 is 19.5 Å². The number of carbonyl (C=O) groups excluding carboxylic acids is 1. The van der Waals surface area contributed by atoms with E-state index in [1.54, 1.807) is 31.3 Å². The van der Waals surface area contributed by atoms with Crippen molar-refractivity contribution in [2.45, 2.75) is 17.5 Å². The number of hydrogen-bond acceptors (Lipinski definition) is 6. The second kappa shape index (κ2) is 9.74. The molecule has 2 heterocycles. The molecule has 8 heteroatoms. The number of pyridine rings is 1. The molecule has 4 rings (SSSR count). The first-order valence-corrected chi connectivity index (χ1v) is 11.2. The van der Waals surface area contributed by atoms with Crippen LogP contribution in [0.4, 0.5) is 11.4 Å². The van der Waals surface area contributed by atoms with Crippen molar-refractivity contribution in [3.8, 4) is 5.75 Å². The number of aromatic nitrogens is 3. The molecule has 7 nitrogen and oxygen atoms in total. The van der Waals surface area contributed by atoms with Gasteiger partial charge >= 0.3 is 0 Å². The number of ether oxygens (including phenoxy) is 1. The fourth-order valence-corrected chi connectivity index (χ4v) is 4.26. The summed E-state index contributed by atoms with van der Waals surface area (Å²) in [4.78, 5) is 23.8. The van der Waals surface area contributed by atoms with Crippen LogP contribution in [-0.2, 0) is 17.1 Å². The van der Waals surface area contributed by atoms with E-state index in [0.29, 0.717) is 5.75 Å². The van der Waals surface area contributed by atoms with E-state index in [1.807, 2.05) is 78.2 Å². The zero-order valence-electron chi connectivity index (χ0n) is 18.3. The number of amides is 1. The van der Waals surface area contributed by atoms with Gasteiger partial charge in [-0.3, -0.25) is 9.78 Å². The number of hydrogen-bond donors (Lipinski definition) is 1. The molecular weight excluding hydrogens is 422 g/mol. The van der Waals surface area contributed by atoms with Gasteiger partial charge in [0.05, 0.1) is 24.3 Å². The van der Waals surface area contributed by atoms with Crippen LogP contribution in [-0.4, -0.2) is 41.6 Å². The molecule has 1 N–H and O–H groups in total. The highest BCUT2D eigenvalue weighted by Gasteiger charge is 2.15. The van der Waals surface area contributed by atoms with Gasteiger partial charge in [0.15, 0.2) is 5.16 Å². The summed E-state index contributed by atoms with van der Waals surface area (Å²) < 4.78 is 7.23. The minimum absolute atomic E-state index is 0.117. The van der Waals surface area contributed by atoms with Gasteiger partial charge in [-0.15, -0.1) is 0 Å². The Labute approximate surface area is 191 Å². The number of carbonyl (C=O) groups is 1. The lowest BCUT2D eigenvalue weighted by Gasteiger charge is -2.13. The average molecular weight is 448 g/mol. The Hall–Kier alpha value is -3.52. The first kappa shape index (κ1) is 21.7. The maximum absolute atomic E-state index is 12.8. The first-order valence-electron chi connectivity index (χ1n) is 10.2. The Morgan fingerprint density at radius 3 is 2.72 bits per heavy atom. The smallest absolute Gasteiger partial charge is 0.244 e. The van der Waals surface area contributed by atoms with Crippen LogP contribution in [0.2, 0.25) is 0 Å².